The van der Waals surface area contributed by atoms with Crippen molar-refractivity contribution in [3.8, 4) is 17.2 Å². The van der Waals surface area contributed by atoms with E-state index in [-0.39, 0.29) is 6.04 Å². The van der Waals surface area contributed by atoms with Gasteiger partial charge in [-0.05, 0) is 43.3 Å². The summed E-state index contributed by atoms with van der Waals surface area (Å²) in [5.74, 6) is 1.87. The molecule has 1 heterocycles. The van der Waals surface area contributed by atoms with Crippen LogP contribution in [0.15, 0.2) is 59.0 Å². The van der Waals surface area contributed by atoms with Gasteiger partial charge in [0.15, 0.2) is 0 Å². The number of ether oxygens (including phenoxy) is 2. The summed E-state index contributed by atoms with van der Waals surface area (Å²) in [7, 11) is 1.65. The van der Waals surface area contributed by atoms with E-state index in [0.29, 0.717) is 25.0 Å². The average molecular weight is 339 g/mol. The second-order valence-electron chi connectivity index (χ2n) is 5.54. The van der Waals surface area contributed by atoms with E-state index in [4.69, 9.17) is 13.9 Å². The molecule has 6 nitrogen and oxygen atoms in total. The molecule has 3 aromatic rings. The van der Waals surface area contributed by atoms with Crippen molar-refractivity contribution in [2.75, 3.05) is 25.6 Å². The fourth-order valence-electron chi connectivity index (χ4n) is 2.31. The Bertz CT molecular complexity index is 772. The van der Waals surface area contributed by atoms with Crippen LogP contribution in [0.2, 0.25) is 0 Å². The number of rotatable bonds is 8. The van der Waals surface area contributed by atoms with E-state index in [1.807, 2.05) is 61.5 Å². The van der Waals surface area contributed by atoms with Gasteiger partial charge in [-0.15, -0.1) is 10.2 Å². The predicted molar refractivity (Wildman–Crippen MR) is 95.6 cm³/mol. The standard InChI is InChI=1S/C19H21N3O3/c1-14(18-21-22-19(25-18)15-6-4-3-5-7-15)20-16-8-10-17(11-9-16)24-13-12-23-2/h3-11,14,20H,12-13H2,1-2H3/t14-/m1/s1. The molecular weight excluding hydrogens is 318 g/mol. The number of nitrogens with zero attached hydrogens (tertiary/aromatic N) is 2. The number of hydrogen-bond acceptors (Lipinski definition) is 6. The summed E-state index contributed by atoms with van der Waals surface area (Å²) in [6, 6.07) is 17.3. The fourth-order valence-corrected chi connectivity index (χ4v) is 2.31. The first kappa shape index (κ1) is 17.0. The number of methoxy groups -OCH3 is 1. The first-order valence-electron chi connectivity index (χ1n) is 8.13. The molecule has 0 unspecified atom stereocenters. The van der Waals surface area contributed by atoms with Crippen LogP contribution in [-0.4, -0.2) is 30.5 Å². The van der Waals surface area contributed by atoms with Crippen LogP contribution in [0.1, 0.15) is 18.9 Å². The highest BCUT2D eigenvalue weighted by atomic mass is 16.5. The second kappa shape index (κ2) is 8.30. The van der Waals surface area contributed by atoms with Crippen molar-refractivity contribution in [1.82, 2.24) is 10.2 Å². The van der Waals surface area contributed by atoms with Crippen molar-refractivity contribution in [3.63, 3.8) is 0 Å². The molecule has 0 aliphatic carbocycles. The maximum atomic E-state index is 5.77. The van der Waals surface area contributed by atoms with Gasteiger partial charge in [0.05, 0.1) is 6.61 Å². The topological polar surface area (TPSA) is 69.4 Å². The van der Waals surface area contributed by atoms with E-state index in [2.05, 4.69) is 15.5 Å². The van der Waals surface area contributed by atoms with Crippen LogP contribution in [0.5, 0.6) is 5.75 Å². The minimum atomic E-state index is -0.106. The van der Waals surface area contributed by atoms with Gasteiger partial charge in [-0.1, -0.05) is 18.2 Å². The Balaban J connectivity index is 1.60. The van der Waals surface area contributed by atoms with Crippen molar-refractivity contribution in [2.24, 2.45) is 0 Å². The highest BCUT2D eigenvalue weighted by molar-refractivity contribution is 5.52. The summed E-state index contributed by atoms with van der Waals surface area (Å²) in [4.78, 5) is 0. The van der Waals surface area contributed by atoms with Gasteiger partial charge in [0.25, 0.3) is 0 Å². The highest BCUT2D eigenvalue weighted by Crippen LogP contribution is 2.24. The van der Waals surface area contributed by atoms with E-state index >= 15 is 0 Å². The highest BCUT2D eigenvalue weighted by Gasteiger charge is 2.14. The van der Waals surface area contributed by atoms with Gasteiger partial charge in [-0.2, -0.15) is 0 Å². The Morgan fingerprint density at radius 2 is 1.76 bits per heavy atom. The molecule has 0 amide bonds. The monoisotopic (exact) mass is 339 g/mol. The Labute approximate surface area is 146 Å². The molecule has 0 saturated carbocycles. The van der Waals surface area contributed by atoms with Crippen molar-refractivity contribution >= 4 is 5.69 Å². The maximum Gasteiger partial charge on any atom is 0.247 e. The van der Waals surface area contributed by atoms with Crippen LogP contribution in [0.4, 0.5) is 5.69 Å². The molecule has 1 atom stereocenters. The quantitative estimate of drug-likeness (QED) is 0.627. The first-order valence-corrected chi connectivity index (χ1v) is 8.13. The van der Waals surface area contributed by atoms with Gasteiger partial charge in [-0.3, -0.25) is 0 Å². The molecule has 0 bridgehead atoms. The number of hydrogen-bond donors (Lipinski definition) is 1. The molecule has 130 valence electrons. The Morgan fingerprint density at radius 3 is 2.48 bits per heavy atom. The molecule has 3 rings (SSSR count). The van der Waals surface area contributed by atoms with Crippen molar-refractivity contribution in [2.45, 2.75) is 13.0 Å². The molecule has 0 aliphatic rings. The Morgan fingerprint density at radius 1 is 1.00 bits per heavy atom. The summed E-state index contributed by atoms with van der Waals surface area (Å²) in [5, 5.41) is 11.6. The molecule has 0 radical (unpaired) electrons. The van der Waals surface area contributed by atoms with E-state index in [0.717, 1.165) is 17.0 Å². The minimum Gasteiger partial charge on any atom is -0.491 e. The SMILES string of the molecule is COCCOc1ccc(N[C@H](C)c2nnc(-c3ccccc3)o2)cc1. The fraction of sp³-hybridized carbons (Fsp3) is 0.263. The van der Waals surface area contributed by atoms with Crippen LogP contribution in [-0.2, 0) is 4.74 Å². The van der Waals surface area contributed by atoms with E-state index in [1.165, 1.54) is 0 Å². The third-order valence-corrected chi connectivity index (χ3v) is 3.63. The smallest absolute Gasteiger partial charge is 0.247 e. The lowest BCUT2D eigenvalue weighted by Gasteiger charge is -2.12. The molecule has 1 N–H and O–H groups in total. The van der Waals surface area contributed by atoms with E-state index in [1.54, 1.807) is 7.11 Å². The lowest BCUT2D eigenvalue weighted by Crippen LogP contribution is -2.07. The summed E-state index contributed by atoms with van der Waals surface area (Å²) in [6.45, 7) is 3.08. The molecular formula is C19H21N3O3. The van der Waals surface area contributed by atoms with Gasteiger partial charge in [0, 0.05) is 18.4 Å². The molecule has 25 heavy (non-hydrogen) atoms. The largest absolute Gasteiger partial charge is 0.491 e. The summed E-state index contributed by atoms with van der Waals surface area (Å²) < 4.78 is 16.3. The van der Waals surface area contributed by atoms with Crippen molar-refractivity contribution in [1.29, 1.82) is 0 Å². The number of nitrogens with one attached hydrogen (secondary N) is 1. The lowest BCUT2D eigenvalue weighted by atomic mass is 10.2. The normalized spacial score (nSPS) is 11.9. The molecule has 2 aromatic carbocycles. The number of anilines is 1. The lowest BCUT2D eigenvalue weighted by molar-refractivity contribution is 0.146. The molecule has 6 heteroatoms. The van der Waals surface area contributed by atoms with Crippen LogP contribution < -0.4 is 10.1 Å². The molecule has 0 spiro atoms. The van der Waals surface area contributed by atoms with Gasteiger partial charge in [0.2, 0.25) is 11.8 Å². The summed E-state index contributed by atoms with van der Waals surface area (Å²) in [5.41, 5.74) is 1.86. The maximum absolute atomic E-state index is 5.77. The van der Waals surface area contributed by atoms with Gasteiger partial charge in [0.1, 0.15) is 18.4 Å². The van der Waals surface area contributed by atoms with Crippen LogP contribution in [0.25, 0.3) is 11.5 Å². The zero-order chi connectivity index (χ0) is 17.5. The first-order chi connectivity index (χ1) is 12.3. The van der Waals surface area contributed by atoms with Crippen molar-refractivity contribution < 1.29 is 13.9 Å². The average Bonchev–Trinajstić information content (AvgIpc) is 3.14. The Hall–Kier alpha value is -2.86. The van der Waals surface area contributed by atoms with Crippen molar-refractivity contribution in [3.05, 3.63) is 60.5 Å². The van der Waals surface area contributed by atoms with Crippen LogP contribution >= 0.6 is 0 Å². The predicted octanol–water partition coefficient (Wildman–Crippen LogP) is 3.93. The van der Waals surface area contributed by atoms with Gasteiger partial charge >= 0.3 is 0 Å². The molecule has 0 fully saturated rings. The third-order valence-electron chi connectivity index (χ3n) is 3.63. The second-order valence-corrected chi connectivity index (χ2v) is 5.54. The zero-order valence-corrected chi connectivity index (χ0v) is 14.3. The van der Waals surface area contributed by atoms with Gasteiger partial charge < -0.3 is 19.2 Å². The van der Waals surface area contributed by atoms with E-state index in [9.17, 15) is 0 Å². The third kappa shape index (κ3) is 4.58. The zero-order valence-electron chi connectivity index (χ0n) is 14.3. The molecule has 1 aromatic heterocycles. The van der Waals surface area contributed by atoms with Crippen LogP contribution in [0, 0.1) is 0 Å². The summed E-state index contributed by atoms with van der Waals surface area (Å²) in [6.07, 6.45) is 0. The molecule has 0 saturated heterocycles. The molecule has 0 aliphatic heterocycles. The summed E-state index contributed by atoms with van der Waals surface area (Å²) >= 11 is 0. The van der Waals surface area contributed by atoms with Gasteiger partial charge in [-0.25, -0.2) is 0 Å². The van der Waals surface area contributed by atoms with Crippen LogP contribution in [0.3, 0.4) is 0 Å². The minimum absolute atomic E-state index is 0.106. The Kier molecular flexibility index (Phi) is 5.64. The number of benzene rings is 2. The van der Waals surface area contributed by atoms with E-state index < -0.39 is 0 Å². The number of aromatic nitrogens is 2.